The maximum absolute atomic E-state index is 11.9. The Balaban J connectivity index is 1.48. The number of nitrogens with one attached hydrogen (secondary N) is 3. The first-order valence-electron chi connectivity index (χ1n) is 9.21. The summed E-state index contributed by atoms with van der Waals surface area (Å²) in [6, 6.07) is 7.50. The van der Waals surface area contributed by atoms with E-state index in [0.717, 1.165) is 25.0 Å². The number of pyridine rings is 1. The number of amides is 1. The van der Waals surface area contributed by atoms with E-state index in [-0.39, 0.29) is 6.10 Å². The number of anilines is 2. The van der Waals surface area contributed by atoms with E-state index in [1.807, 2.05) is 18.2 Å². The molecule has 0 radical (unpaired) electrons. The van der Waals surface area contributed by atoms with Gasteiger partial charge in [0.25, 0.3) is 0 Å². The van der Waals surface area contributed by atoms with Crippen LogP contribution in [0.2, 0.25) is 0 Å². The first-order valence-corrected chi connectivity index (χ1v) is 9.21. The van der Waals surface area contributed by atoms with Gasteiger partial charge in [0, 0.05) is 30.3 Å². The SMILES string of the molecule is O=C1NCCOCCOc2cccc(n2)Nc2cc([nH]n2)[C@H]2CC[C@H](C2)O1. The first kappa shape index (κ1) is 17.6. The van der Waals surface area contributed by atoms with Crippen molar-refractivity contribution in [1.82, 2.24) is 20.5 Å². The molecule has 2 atom stereocenters. The van der Waals surface area contributed by atoms with Crippen LogP contribution in [0.3, 0.4) is 0 Å². The lowest BCUT2D eigenvalue weighted by atomic mass is 10.0. The number of hydrogen-bond acceptors (Lipinski definition) is 7. The predicted octanol–water partition coefficient (Wildman–Crippen LogP) is 2.32. The van der Waals surface area contributed by atoms with E-state index in [9.17, 15) is 4.79 Å². The molecule has 3 heterocycles. The van der Waals surface area contributed by atoms with Gasteiger partial charge in [0.1, 0.15) is 18.5 Å². The van der Waals surface area contributed by atoms with Crippen molar-refractivity contribution >= 4 is 17.7 Å². The Morgan fingerprint density at radius 1 is 1.11 bits per heavy atom. The van der Waals surface area contributed by atoms with Crippen molar-refractivity contribution in [2.24, 2.45) is 0 Å². The second-order valence-electron chi connectivity index (χ2n) is 6.62. The molecule has 6 bridgehead atoms. The van der Waals surface area contributed by atoms with Crippen LogP contribution in [0.1, 0.15) is 30.9 Å². The summed E-state index contributed by atoms with van der Waals surface area (Å²) in [5, 5.41) is 13.3. The minimum absolute atomic E-state index is 0.0792. The zero-order valence-electron chi connectivity index (χ0n) is 14.9. The molecule has 1 aliphatic carbocycles. The highest BCUT2D eigenvalue weighted by Gasteiger charge is 2.29. The highest BCUT2D eigenvalue weighted by molar-refractivity contribution is 5.67. The minimum atomic E-state index is -0.398. The molecule has 1 amide bonds. The molecule has 0 aromatic carbocycles. The minimum Gasteiger partial charge on any atom is -0.475 e. The van der Waals surface area contributed by atoms with E-state index in [1.54, 1.807) is 6.07 Å². The van der Waals surface area contributed by atoms with Crippen LogP contribution in [0.4, 0.5) is 16.4 Å². The average Bonchev–Trinajstić information content (AvgIpc) is 3.30. The van der Waals surface area contributed by atoms with Crippen LogP contribution in [-0.4, -0.2) is 53.7 Å². The summed E-state index contributed by atoms with van der Waals surface area (Å²) >= 11 is 0. The molecule has 9 heteroatoms. The van der Waals surface area contributed by atoms with Gasteiger partial charge in [-0.15, -0.1) is 0 Å². The Labute approximate surface area is 156 Å². The predicted molar refractivity (Wildman–Crippen MR) is 97.3 cm³/mol. The number of fused-ring (bicyclic) bond motifs is 7. The highest BCUT2D eigenvalue weighted by atomic mass is 16.6. The summed E-state index contributed by atoms with van der Waals surface area (Å²) in [7, 11) is 0. The standard InChI is InChI=1S/C18H23N5O4/c24-18-19-6-7-25-8-9-26-17-3-1-2-15(21-17)20-16-11-14(22-23-16)12-4-5-13(10-12)27-18/h1-3,11-13H,4-10H2,(H,19,24)(H2,20,21,22,23)/t12-,13+/m0/s1. The number of aromatic amines is 1. The van der Waals surface area contributed by atoms with Crippen molar-refractivity contribution in [2.75, 3.05) is 31.7 Å². The molecule has 1 fully saturated rings. The quantitative estimate of drug-likeness (QED) is 0.650. The third-order valence-electron chi connectivity index (χ3n) is 4.67. The van der Waals surface area contributed by atoms with Gasteiger partial charge in [-0.05, 0) is 25.3 Å². The van der Waals surface area contributed by atoms with Gasteiger partial charge in [-0.2, -0.15) is 10.1 Å². The summed E-state index contributed by atoms with van der Waals surface area (Å²) in [5.41, 5.74) is 1.03. The van der Waals surface area contributed by atoms with Gasteiger partial charge < -0.3 is 24.8 Å². The molecular weight excluding hydrogens is 350 g/mol. The fraction of sp³-hybridized carbons (Fsp3) is 0.500. The van der Waals surface area contributed by atoms with Crippen molar-refractivity contribution in [2.45, 2.75) is 31.3 Å². The van der Waals surface area contributed by atoms with E-state index >= 15 is 0 Å². The van der Waals surface area contributed by atoms with Crippen molar-refractivity contribution < 1.29 is 19.0 Å². The number of hydrogen-bond donors (Lipinski definition) is 3. The summed E-state index contributed by atoms with van der Waals surface area (Å²) in [6.07, 6.45) is 2.10. The Bertz CT molecular complexity index is 781. The summed E-state index contributed by atoms with van der Waals surface area (Å²) < 4.78 is 16.5. The van der Waals surface area contributed by atoms with E-state index in [4.69, 9.17) is 14.2 Å². The molecule has 1 saturated carbocycles. The lowest BCUT2D eigenvalue weighted by Crippen LogP contribution is -2.31. The van der Waals surface area contributed by atoms with Crippen LogP contribution < -0.4 is 15.4 Å². The number of ether oxygens (including phenoxy) is 3. The molecule has 0 spiro atoms. The number of carbonyl (C=O) groups excluding carboxylic acids is 1. The van der Waals surface area contributed by atoms with E-state index in [0.29, 0.717) is 49.8 Å². The number of carbonyl (C=O) groups is 1. The summed E-state index contributed by atoms with van der Waals surface area (Å²) in [6.45, 7) is 1.58. The number of aromatic nitrogens is 3. The van der Waals surface area contributed by atoms with Gasteiger partial charge in [-0.25, -0.2) is 4.79 Å². The van der Waals surface area contributed by atoms with Crippen molar-refractivity contribution in [3.8, 4) is 5.88 Å². The second-order valence-corrected chi connectivity index (χ2v) is 6.62. The van der Waals surface area contributed by atoms with Gasteiger partial charge >= 0.3 is 6.09 Å². The van der Waals surface area contributed by atoms with Gasteiger partial charge in [0.05, 0.1) is 13.2 Å². The third kappa shape index (κ3) is 4.68. The lowest BCUT2D eigenvalue weighted by Gasteiger charge is -2.13. The van der Waals surface area contributed by atoms with Crippen LogP contribution in [-0.2, 0) is 9.47 Å². The molecule has 2 aromatic rings. The molecule has 0 unspecified atom stereocenters. The number of nitrogens with zero attached hydrogens (tertiary/aromatic N) is 2. The van der Waals surface area contributed by atoms with Gasteiger partial charge in [0.2, 0.25) is 5.88 Å². The maximum atomic E-state index is 11.9. The van der Waals surface area contributed by atoms with Crippen molar-refractivity contribution in [1.29, 1.82) is 0 Å². The Morgan fingerprint density at radius 2 is 2.07 bits per heavy atom. The average molecular weight is 373 g/mol. The van der Waals surface area contributed by atoms with Crippen LogP contribution in [0.5, 0.6) is 5.88 Å². The smallest absolute Gasteiger partial charge is 0.407 e. The fourth-order valence-corrected chi connectivity index (χ4v) is 3.36. The van der Waals surface area contributed by atoms with Crippen molar-refractivity contribution in [3.05, 3.63) is 30.0 Å². The van der Waals surface area contributed by atoms with Crippen LogP contribution in [0.25, 0.3) is 0 Å². The number of H-pyrrole nitrogens is 1. The molecule has 4 rings (SSSR count). The zero-order valence-corrected chi connectivity index (χ0v) is 14.9. The van der Waals surface area contributed by atoms with Crippen molar-refractivity contribution in [3.63, 3.8) is 0 Å². The van der Waals surface area contributed by atoms with Gasteiger partial charge in [-0.3, -0.25) is 5.10 Å². The molecule has 27 heavy (non-hydrogen) atoms. The fourth-order valence-electron chi connectivity index (χ4n) is 3.36. The summed E-state index contributed by atoms with van der Waals surface area (Å²) in [4.78, 5) is 16.3. The largest absolute Gasteiger partial charge is 0.475 e. The van der Waals surface area contributed by atoms with Crippen LogP contribution >= 0.6 is 0 Å². The molecule has 2 aromatic heterocycles. The molecule has 1 aliphatic heterocycles. The lowest BCUT2D eigenvalue weighted by molar-refractivity contribution is 0.0847. The molecule has 144 valence electrons. The Kier molecular flexibility index (Phi) is 5.38. The van der Waals surface area contributed by atoms with Crippen LogP contribution in [0, 0.1) is 0 Å². The third-order valence-corrected chi connectivity index (χ3v) is 4.67. The van der Waals surface area contributed by atoms with Gasteiger partial charge in [-0.1, -0.05) is 6.07 Å². The monoisotopic (exact) mass is 373 g/mol. The van der Waals surface area contributed by atoms with E-state index in [2.05, 4.69) is 25.8 Å². The summed E-state index contributed by atoms with van der Waals surface area (Å²) in [5.74, 6) is 2.15. The second kappa shape index (κ2) is 8.26. The Morgan fingerprint density at radius 3 is 3.04 bits per heavy atom. The molecular formula is C18H23N5O4. The molecule has 9 nitrogen and oxygen atoms in total. The Hall–Kier alpha value is -2.81. The number of rotatable bonds is 0. The highest BCUT2D eigenvalue weighted by Crippen LogP contribution is 2.36. The zero-order chi connectivity index (χ0) is 18.5. The topological polar surface area (TPSA) is 110 Å². The van der Waals surface area contributed by atoms with Gasteiger partial charge in [0.15, 0.2) is 5.82 Å². The van der Waals surface area contributed by atoms with Crippen LogP contribution in [0.15, 0.2) is 24.3 Å². The van der Waals surface area contributed by atoms with E-state index in [1.165, 1.54) is 0 Å². The molecule has 3 N–H and O–H groups in total. The molecule has 0 saturated heterocycles. The number of alkyl carbamates (subject to hydrolysis) is 1. The molecule has 2 aliphatic rings. The first-order chi connectivity index (χ1) is 13.3. The van der Waals surface area contributed by atoms with E-state index < -0.39 is 6.09 Å². The maximum Gasteiger partial charge on any atom is 0.407 e. The normalized spacial score (nSPS) is 23.6.